The van der Waals surface area contributed by atoms with E-state index >= 15 is 0 Å². The Morgan fingerprint density at radius 1 is 1.24 bits per heavy atom. The molecule has 0 radical (unpaired) electrons. The fourth-order valence-electron chi connectivity index (χ4n) is 3.30. The van der Waals surface area contributed by atoms with Crippen molar-refractivity contribution in [3.8, 4) is 0 Å². The highest BCUT2D eigenvalue weighted by atomic mass is 16.4. The fraction of sp³-hybridized carbons (Fsp3) is 0.611. The van der Waals surface area contributed by atoms with Crippen molar-refractivity contribution >= 4 is 5.97 Å². The fourth-order valence-corrected chi connectivity index (χ4v) is 3.30. The number of nitrogens with zero attached hydrogens (tertiary/aromatic N) is 1. The van der Waals surface area contributed by atoms with Gasteiger partial charge in [0.1, 0.15) is 0 Å². The molecule has 0 spiro atoms. The van der Waals surface area contributed by atoms with E-state index in [2.05, 4.69) is 18.9 Å². The molecule has 0 atom stereocenters. The smallest absolute Gasteiger partial charge is 0.335 e. The number of hydrogen-bond donors (Lipinski definition) is 1. The van der Waals surface area contributed by atoms with E-state index < -0.39 is 5.97 Å². The third kappa shape index (κ3) is 4.85. The molecule has 3 heteroatoms. The molecule has 1 aliphatic carbocycles. The van der Waals surface area contributed by atoms with E-state index in [9.17, 15) is 9.90 Å². The predicted molar refractivity (Wildman–Crippen MR) is 85.7 cm³/mol. The van der Waals surface area contributed by atoms with Crippen LogP contribution in [0, 0.1) is 11.8 Å². The second-order valence-corrected chi connectivity index (χ2v) is 6.60. The van der Waals surface area contributed by atoms with Gasteiger partial charge in [-0.2, -0.15) is 0 Å². The number of likely N-dealkylation sites (N-methyl/N-ethyl adjacent to an activating group) is 1. The Hall–Kier alpha value is -1.35. The van der Waals surface area contributed by atoms with Gasteiger partial charge in [-0.05, 0) is 49.8 Å². The molecule has 1 saturated carbocycles. The zero-order chi connectivity index (χ0) is 15.2. The van der Waals surface area contributed by atoms with E-state index in [1.54, 1.807) is 12.1 Å². The summed E-state index contributed by atoms with van der Waals surface area (Å²) in [6.07, 6.45) is 6.22. The highest BCUT2D eigenvalue weighted by Gasteiger charge is 2.19. The van der Waals surface area contributed by atoms with E-state index in [0.29, 0.717) is 5.56 Å². The zero-order valence-electron chi connectivity index (χ0n) is 13.2. The molecule has 1 aromatic rings. The van der Waals surface area contributed by atoms with Crippen LogP contribution in [0.4, 0.5) is 0 Å². The van der Waals surface area contributed by atoms with E-state index in [4.69, 9.17) is 0 Å². The lowest BCUT2D eigenvalue weighted by molar-refractivity contribution is 0.0695. The van der Waals surface area contributed by atoms with Crippen LogP contribution in [0.5, 0.6) is 0 Å². The van der Waals surface area contributed by atoms with Crippen molar-refractivity contribution < 1.29 is 9.90 Å². The Balaban J connectivity index is 1.81. The van der Waals surface area contributed by atoms with E-state index in [1.807, 2.05) is 12.1 Å². The second-order valence-electron chi connectivity index (χ2n) is 6.60. The normalized spacial score (nSPS) is 22.4. The summed E-state index contributed by atoms with van der Waals surface area (Å²) in [7, 11) is 2.15. The van der Waals surface area contributed by atoms with Crippen molar-refractivity contribution in [1.82, 2.24) is 4.90 Å². The van der Waals surface area contributed by atoms with E-state index in [-0.39, 0.29) is 0 Å². The van der Waals surface area contributed by atoms with Crippen LogP contribution in [0.1, 0.15) is 48.5 Å². The summed E-state index contributed by atoms with van der Waals surface area (Å²) in [5, 5.41) is 9.20. The molecule has 0 bridgehead atoms. The minimum atomic E-state index is -0.825. The maximum atomic E-state index is 11.2. The molecule has 1 aromatic carbocycles. The van der Waals surface area contributed by atoms with Crippen LogP contribution in [-0.4, -0.2) is 36.1 Å². The van der Waals surface area contributed by atoms with E-state index in [0.717, 1.165) is 36.9 Å². The summed E-state index contributed by atoms with van der Waals surface area (Å²) in [5.41, 5.74) is 1.38. The van der Waals surface area contributed by atoms with Crippen LogP contribution < -0.4 is 0 Å². The standard InChI is InChI=1S/C18H27NO2/c1-14-7-9-15(10-8-14)13-19(2)12-11-16-5-3-4-6-17(16)18(20)21/h3-6,14-15H,7-13H2,1-2H3,(H,20,21). The molecular weight excluding hydrogens is 262 g/mol. The molecule has 0 saturated heterocycles. The third-order valence-corrected chi connectivity index (χ3v) is 4.72. The monoisotopic (exact) mass is 289 g/mol. The number of hydrogen-bond acceptors (Lipinski definition) is 2. The van der Waals surface area contributed by atoms with Crippen molar-refractivity contribution in [2.75, 3.05) is 20.1 Å². The maximum absolute atomic E-state index is 11.2. The first kappa shape index (κ1) is 16.0. The minimum Gasteiger partial charge on any atom is -0.478 e. The van der Waals surface area contributed by atoms with Gasteiger partial charge in [0, 0.05) is 13.1 Å². The average molecular weight is 289 g/mol. The summed E-state index contributed by atoms with van der Waals surface area (Å²) < 4.78 is 0. The number of rotatable bonds is 6. The Kier molecular flexibility index (Phi) is 5.80. The molecule has 1 fully saturated rings. The Bertz CT molecular complexity index is 464. The summed E-state index contributed by atoms with van der Waals surface area (Å²) in [6.45, 7) is 4.42. The van der Waals surface area contributed by atoms with Crippen LogP contribution in [0.15, 0.2) is 24.3 Å². The molecule has 3 nitrogen and oxygen atoms in total. The first-order valence-corrected chi connectivity index (χ1v) is 8.06. The van der Waals surface area contributed by atoms with Crippen molar-refractivity contribution in [3.05, 3.63) is 35.4 Å². The number of carboxylic acid groups (broad SMARTS) is 1. The molecule has 21 heavy (non-hydrogen) atoms. The molecule has 0 unspecified atom stereocenters. The van der Waals surface area contributed by atoms with Gasteiger partial charge in [0.2, 0.25) is 0 Å². The van der Waals surface area contributed by atoms with Crippen molar-refractivity contribution in [1.29, 1.82) is 0 Å². The third-order valence-electron chi connectivity index (χ3n) is 4.72. The van der Waals surface area contributed by atoms with Gasteiger partial charge in [0.15, 0.2) is 0 Å². The first-order chi connectivity index (χ1) is 10.1. The second kappa shape index (κ2) is 7.60. The van der Waals surface area contributed by atoms with Gasteiger partial charge < -0.3 is 10.0 Å². The summed E-state index contributed by atoms with van der Waals surface area (Å²) in [5.74, 6) is 0.893. The average Bonchev–Trinajstić information content (AvgIpc) is 2.48. The lowest BCUT2D eigenvalue weighted by Crippen LogP contribution is -2.30. The number of carboxylic acids is 1. The molecule has 2 rings (SSSR count). The highest BCUT2D eigenvalue weighted by molar-refractivity contribution is 5.89. The zero-order valence-corrected chi connectivity index (χ0v) is 13.2. The van der Waals surface area contributed by atoms with Crippen molar-refractivity contribution in [2.45, 2.75) is 39.0 Å². The Morgan fingerprint density at radius 2 is 1.90 bits per heavy atom. The topological polar surface area (TPSA) is 40.5 Å². The highest BCUT2D eigenvalue weighted by Crippen LogP contribution is 2.28. The van der Waals surface area contributed by atoms with Crippen LogP contribution in [0.2, 0.25) is 0 Å². The SMILES string of the molecule is CC1CCC(CN(C)CCc2ccccc2C(=O)O)CC1. The van der Waals surface area contributed by atoms with E-state index in [1.165, 1.54) is 25.7 Å². The molecule has 1 N–H and O–H groups in total. The summed E-state index contributed by atoms with van der Waals surface area (Å²) in [6, 6.07) is 7.34. The van der Waals surface area contributed by atoms with Gasteiger partial charge in [0.25, 0.3) is 0 Å². The number of carbonyl (C=O) groups is 1. The minimum absolute atomic E-state index is 0.442. The van der Waals surface area contributed by atoms with Crippen LogP contribution in [0.3, 0.4) is 0 Å². The number of benzene rings is 1. The number of aromatic carboxylic acids is 1. The van der Waals surface area contributed by atoms with Gasteiger partial charge in [0.05, 0.1) is 5.56 Å². The lowest BCUT2D eigenvalue weighted by atomic mass is 9.83. The summed E-state index contributed by atoms with van der Waals surface area (Å²) >= 11 is 0. The predicted octanol–water partition coefficient (Wildman–Crippen LogP) is 3.69. The lowest BCUT2D eigenvalue weighted by Gasteiger charge is -2.29. The van der Waals surface area contributed by atoms with Crippen LogP contribution >= 0.6 is 0 Å². The largest absolute Gasteiger partial charge is 0.478 e. The Morgan fingerprint density at radius 3 is 2.57 bits per heavy atom. The molecular formula is C18H27NO2. The van der Waals surface area contributed by atoms with Crippen molar-refractivity contribution in [2.24, 2.45) is 11.8 Å². The molecule has 0 aliphatic heterocycles. The van der Waals surface area contributed by atoms with Crippen LogP contribution in [0.25, 0.3) is 0 Å². The maximum Gasteiger partial charge on any atom is 0.335 e. The molecule has 0 aromatic heterocycles. The quantitative estimate of drug-likeness (QED) is 0.868. The van der Waals surface area contributed by atoms with Gasteiger partial charge >= 0.3 is 5.97 Å². The van der Waals surface area contributed by atoms with Gasteiger partial charge in [-0.25, -0.2) is 4.79 Å². The van der Waals surface area contributed by atoms with Gasteiger partial charge in [-0.1, -0.05) is 38.0 Å². The van der Waals surface area contributed by atoms with Gasteiger partial charge in [-0.3, -0.25) is 0 Å². The first-order valence-electron chi connectivity index (χ1n) is 8.06. The molecule has 1 aliphatic rings. The Labute approximate surface area is 128 Å². The molecule has 116 valence electrons. The van der Waals surface area contributed by atoms with Crippen molar-refractivity contribution in [3.63, 3.8) is 0 Å². The summed E-state index contributed by atoms with van der Waals surface area (Å²) in [4.78, 5) is 13.6. The van der Waals surface area contributed by atoms with Gasteiger partial charge in [-0.15, -0.1) is 0 Å². The van der Waals surface area contributed by atoms with Crippen LogP contribution in [-0.2, 0) is 6.42 Å². The molecule has 0 amide bonds. The molecule has 0 heterocycles.